The summed E-state index contributed by atoms with van der Waals surface area (Å²) in [6.45, 7) is 1.18. The number of hydrogen-bond acceptors (Lipinski definition) is 6. The van der Waals surface area contributed by atoms with E-state index in [0.717, 1.165) is 41.8 Å². The van der Waals surface area contributed by atoms with Crippen molar-refractivity contribution in [2.24, 2.45) is 0 Å². The maximum Gasteiger partial charge on any atom is 0.243 e. The molecule has 0 saturated carbocycles. The molecule has 0 spiro atoms. The van der Waals surface area contributed by atoms with Gasteiger partial charge >= 0.3 is 0 Å². The number of carbonyl (C=O) groups excluding carboxylic acids is 1. The third-order valence-corrected chi connectivity index (χ3v) is 7.76. The number of nitrogens with one attached hydrogen (secondary N) is 1. The SMILES string of the molecule is O=C(CCc1ccc(S(=O)(=O)N2CCCCC2)cc1)Nc1ccc(-c2csnn2)cc1. The first-order chi connectivity index (χ1) is 15.0. The van der Waals surface area contributed by atoms with Crippen LogP contribution in [0, 0.1) is 0 Å². The number of benzene rings is 2. The van der Waals surface area contributed by atoms with Gasteiger partial charge in [-0.05, 0) is 60.6 Å². The normalized spacial score (nSPS) is 15.0. The van der Waals surface area contributed by atoms with E-state index in [1.54, 1.807) is 28.6 Å². The first-order valence-corrected chi connectivity index (χ1v) is 12.6. The number of carbonyl (C=O) groups is 1. The van der Waals surface area contributed by atoms with Crippen molar-refractivity contribution in [3.63, 3.8) is 0 Å². The van der Waals surface area contributed by atoms with Crippen molar-refractivity contribution in [1.29, 1.82) is 0 Å². The molecular weight excluding hydrogens is 432 g/mol. The molecule has 0 bridgehead atoms. The summed E-state index contributed by atoms with van der Waals surface area (Å²) in [6.07, 6.45) is 3.77. The van der Waals surface area contributed by atoms with Gasteiger partial charge in [0.05, 0.1) is 4.90 Å². The quantitative estimate of drug-likeness (QED) is 0.581. The standard InChI is InChI=1S/C22H24N4O3S2/c27-22(23-19-9-7-18(8-10-19)21-16-30-25-24-21)13-6-17-4-11-20(12-5-17)31(28,29)26-14-2-1-3-15-26/h4-5,7-12,16H,1-3,6,13-15H2,(H,23,27). The second kappa shape index (κ2) is 9.67. The molecule has 1 N–H and O–H groups in total. The Morgan fingerprint density at radius 3 is 2.35 bits per heavy atom. The molecule has 7 nitrogen and oxygen atoms in total. The minimum Gasteiger partial charge on any atom is -0.326 e. The number of sulfonamides is 1. The molecule has 31 heavy (non-hydrogen) atoms. The summed E-state index contributed by atoms with van der Waals surface area (Å²) in [5.74, 6) is -0.0897. The maximum atomic E-state index is 12.7. The maximum absolute atomic E-state index is 12.7. The van der Waals surface area contributed by atoms with E-state index in [4.69, 9.17) is 0 Å². The first kappa shape index (κ1) is 21.6. The largest absolute Gasteiger partial charge is 0.326 e. The highest BCUT2D eigenvalue weighted by atomic mass is 32.2. The van der Waals surface area contributed by atoms with E-state index >= 15 is 0 Å². The van der Waals surface area contributed by atoms with Gasteiger partial charge < -0.3 is 5.32 Å². The zero-order valence-electron chi connectivity index (χ0n) is 17.0. The van der Waals surface area contributed by atoms with Crippen molar-refractivity contribution in [3.8, 4) is 11.3 Å². The van der Waals surface area contributed by atoms with Crippen LogP contribution in [0.2, 0.25) is 0 Å². The molecule has 9 heteroatoms. The van der Waals surface area contributed by atoms with Gasteiger partial charge in [0.2, 0.25) is 15.9 Å². The summed E-state index contributed by atoms with van der Waals surface area (Å²) < 4.78 is 30.9. The summed E-state index contributed by atoms with van der Waals surface area (Å²) in [6, 6.07) is 14.3. The van der Waals surface area contributed by atoms with Crippen molar-refractivity contribution in [3.05, 3.63) is 59.5 Å². The fraction of sp³-hybridized carbons (Fsp3) is 0.318. The average Bonchev–Trinajstić information content (AvgIpc) is 3.34. The van der Waals surface area contributed by atoms with Crippen LogP contribution >= 0.6 is 11.5 Å². The highest BCUT2D eigenvalue weighted by Crippen LogP contribution is 2.22. The first-order valence-electron chi connectivity index (χ1n) is 10.3. The molecule has 1 amide bonds. The predicted octanol–water partition coefficient (Wildman–Crippen LogP) is 3.95. The highest BCUT2D eigenvalue weighted by molar-refractivity contribution is 7.89. The average molecular weight is 457 g/mol. The van der Waals surface area contributed by atoms with Gasteiger partial charge in [-0.3, -0.25) is 4.79 Å². The Bertz CT molecular complexity index is 1110. The van der Waals surface area contributed by atoms with E-state index < -0.39 is 10.0 Å². The number of amides is 1. The molecule has 4 rings (SSSR count). The van der Waals surface area contributed by atoms with Gasteiger partial charge in [-0.15, -0.1) is 5.10 Å². The monoisotopic (exact) mass is 456 g/mol. The molecule has 0 aliphatic carbocycles. The third kappa shape index (κ3) is 5.36. The lowest BCUT2D eigenvalue weighted by Gasteiger charge is -2.25. The Kier molecular flexibility index (Phi) is 6.74. The Morgan fingerprint density at radius 2 is 1.71 bits per heavy atom. The molecule has 0 radical (unpaired) electrons. The summed E-state index contributed by atoms with van der Waals surface area (Å²) in [4.78, 5) is 12.6. The van der Waals surface area contributed by atoms with Gasteiger partial charge in [-0.1, -0.05) is 35.2 Å². The Labute approximate surface area is 186 Å². The van der Waals surface area contributed by atoms with Gasteiger partial charge in [0.1, 0.15) is 5.69 Å². The topological polar surface area (TPSA) is 92.3 Å². The number of piperidine rings is 1. The number of hydrogen-bond donors (Lipinski definition) is 1. The number of rotatable bonds is 7. The van der Waals surface area contributed by atoms with E-state index in [1.807, 2.05) is 29.6 Å². The minimum absolute atomic E-state index is 0.0897. The Morgan fingerprint density at radius 1 is 1.00 bits per heavy atom. The zero-order chi connectivity index (χ0) is 21.7. The van der Waals surface area contributed by atoms with Gasteiger partial charge in [-0.25, -0.2) is 8.42 Å². The summed E-state index contributed by atoms with van der Waals surface area (Å²) in [7, 11) is -3.42. The van der Waals surface area contributed by atoms with Gasteiger partial charge in [-0.2, -0.15) is 4.31 Å². The van der Waals surface area contributed by atoms with Crippen molar-refractivity contribution >= 4 is 33.2 Å². The highest BCUT2D eigenvalue weighted by Gasteiger charge is 2.25. The lowest BCUT2D eigenvalue weighted by Crippen LogP contribution is -2.35. The van der Waals surface area contributed by atoms with Crippen LogP contribution in [0.4, 0.5) is 5.69 Å². The minimum atomic E-state index is -3.42. The summed E-state index contributed by atoms with van der Waals surface area (Å²) in [5.41, 5.74) is 3.42. The molecule has 1 fully saturated rings. The molecule has 162 valence electrons. The van der Waals surface area contributed by atoms with E-state index in [-0.39, 0.29) is 5.91 Å². The number of anilines is 1. The van der Waals surface area contributed by atoms with E-state index in [9.17, 15) is 13.2 Å². The molecule has 1 aromatic heterocycles. The van der Waals surface area contributed by atoms with Crippen LogP contribution in [0.5, 0.6) is 0 Å². The Balaban J connectivity index is 1.30. The van der Waals surface area contributed by atoms with Crippen LogP contribution in [0.3, 0.4) is 0 Å². The molecule has 2 heterocycles. The smallest absolute Gasteiger partial charge is 0.243 e. The van der Waals surface area contributed by atoms with Crippen molar-refractivity contribution in [2.45, 2.75) is 37.0 Å². The molecule has 0 atom stereocenters. The second-order valence-electron chi connectivity index (χ2n) is 7.52. The van der Waals surface area contributed by atoms with Crippen LogP contribution in [0.15, 0.2) is 58.8 Å². The predicted molar refractivity (Wildman–Crippen MR) is 121 cm³/mol. The molecular formula is C22H24N4O3S2. The molecule has 1 aliphatic heterocycles. The number of aryl methyl sites for hydroxylation is 1. The Hall–Kier alpha value is -2.62. The van der Waals surface area contributed by atoms with Gasteiger partial charge in [0, 0.05) is 36.1 Å². The van der Waals surface area contributed by atoms with Crippen molar-refractivity contribution in [2.75, 3.05) is 18.4 Å². The van der Waals surface area contributed by atoms with Crippen LogP contribution in [0.1, 0.15) is 31.2 Å². The van der Waals surface area contributed by atoms with Crippen LogP contribution in [-0.2, 0) is 21.2 Å². The zero-order valence-corrected chi connectivity index (χ0v) is 18.7. The van der Waals surface area contributed by atoms with E-state index in [0.29, 0.717) is 30.8 Å². The molecule has 3 aromatic rings. The summed E-state index contributed by atoms with van der Waals surface area (Å²) >= 11 is 1.30. The molecule has 0 unspecified atom stereocenters. The number of aromatic nitrogens is 2. The molecule has 1 saturated heterocycles. The van der Waals surface area contributed by atoms with Crippen molar-refractivity contribution in [1.82, 2.24) is 13.9 Å². The fourth-order valence-electron chi connectivity index (χ4n) is 3.58. The lowest BCUT2D eigenvalue weighted by atomic mass is 10.1. The fourth-order valence-corrected chi connectivity index (χ4v) is 5.56. The summed E-state index contributed by atoms with van der Waals surface area (Å²) in [5, 5.41) is 8.79. The van der Waals surface area contributed by atoms with Crippen LogP contribution in [0.25, 0.3) is 11.3 Å². The van der Waals surface area contributed by atoms with E-state index in [1.165, 1.54) is 11.5 Å². The van der Waals surface area contributed by atoms with Gasteiger partial charge in [0.15, 0.2) is 0 Å². The second-order valence-corrected chi connectivity index (χ2v) is 10.1. The lowest BCUT2D eigenvalue weighted by molar-refractivity contribution is -0.116. The van der Waals surface area contributed by atoms with Crippen LogP contribution in [-0.4, -0.2) is 41.3 Å². The molecule has 2 aromatic carbocycles. The molecule has 1 aliphatic rings. The third-order valence-electron chi connectivity index (χ3n) is 5.34. The van der Waals surface area contributed by atoms with Crippen molar-refractivity contribution < 1.29 is 13.2 Å². The van der Waals surface area contributed by atoms with Crippen LogP contribution < -0.4 is 5.32 Å². The van der Waals surface area contributed by atoms with E-state index in [2.05, 4.69) is 14.9 Å². The number of nitrogens with zero attached hydrogens (tertiary/aromatic N) is 3. The van der Waals surface area contributed by atoms with Gasteiger partial charge in [0.25, 0.3) is 0 Å².